The van der Waals surface area contributed by atoms with Crippen molar-refractivity contribution < 1.29 is 0 Å². The lowest BCUT2D eigenvalue weighted by atomic mass is 10.3. The minimum atomic E-state index is -0.0877. The lowest BCUT2D eigenvalue weighted by Crippen LogP contribution is -2.21. The van der Waals surface area contributed by atoms with Gasteiger partial charge >= 0.3 is 0 Å². The van der Waals surface area contributed by atoms with E-state index in [-0.39, 0.29) is 5.56 Å². The summed E-state index contributed by atoms with van der Waals surface area (Å²) in [5.74, 6) is 0. The van der Waals surface area contributed by atoms with Crippen LogP contribution in [0.25, 0.3) is 11.4 Å². The summed E-state index contributed by atoms with van der Waals surface area (Å²) >= 11 is 1.51. The van der Waals surface area contributed by atoms with Gasteiger partial charge in [-0.1, -0.05) is 0 Å². The summed E-state index contributed by atoms with van der Waals surface area (Å²) in [7, 11) is 1.82. The van der Waals surface area contributed by atoms with Crippen molar-refractivity contribution >= 4 is 16.5 Å². The van der Waals surface area contributed by atoms with Crippen molar-refractivity contribution in [3.8, 4) is 11.4 Å². The minimum Gasteiger partial charge on any atom is -0.365 e. The molecule has 0 radical (unpaired) electrons. The smallest absolute Gasteiger partial charge is 0.266 e. The Balaban J connectivity index is 2.44. The molecule has 2 aromatic heterocycles. The van der Waals surface area contributed by atoms with Crippen molar-refractivity contribution in [1.29, 1.82) is 0 Å². The standard InChI is InChI=1S/C10H12N4OS/c1-3-14-9(15)5-4-7(13-14)8-6-16-10(11-2)12-8/h4-6H,3H2,1-2H3,(H,11,12). The number of hydrogen-bond donors (Lipinski definition) is 1. The van der Waals surface area contributed by atoms with Crippen LogP contribution in [-0.2, 0) is 6.54 Å². The van der Waals surface area contributed by atoms with E-state index in [0.717, 1.165) is 16.5 Å². The molecule has 16 heavy (non-hydrogen) atoms. The Labute approximate surface area is 96.8 Å². The van der Waals surface area contributed by atoms with E-state index in [1.54, 1.807) is 6.07 Å². The van der Waals surface area contributed by atoms with Crippen LogP contribution in [0.2, 0.25) is 0 Å². The normalized spacial score (nSPS) is 10.4. The molecule has 0 fully saturated rings. The van der Waals surface area contributed by atoms with E-state index in [2.05, 4.69) is 15.4 Å². The highest BCUT2D eigenvalue weighted by Gasteiger charge is 2.06. The Morgan fingerprint density at radius 1 is 1.44 bits per heavy atom. The second kappa shape index (κ2) is 4.44. The zero-order valence-corrected chi connectivity index (χ0v) is 9.91. The van der Waals surface area contributed by atoms with E-state index in [9.17, 15) is 4.79 Å². The molecule has 1 N–H and O–H groups in total. The van der Waals surface area contributed by atoms with Gasteiger partial charge < -0.3 is 5.32 Å². The first-order chi connectivity index (χ1) is 7.74. The van der Waals surface area contributed by atoms with Crippen LogP contribution >= 0.6 is 11.3 Å². The lowest BCUT2D eigenvalue weighted by molar-refractivity contribution is 0.618. The largest absolute Gasteiger partial charge is 0.365 e. The zero-order chi connectivity index (χ0) is 11.5. The molecule has 0 atom stereocenters. The SMILES string of the molecule is CCn1nc(-c2csc(NC)n2)ccc1=O. The number of aromatic nitrogens is 3. The van der Waals surface area contributed by atoms with Crippen LogP contribution in [-0.4, -0.2) is 21.8 Å². The van der Waals surface area contributed by atoms with Crippen molar-refractivity contribution in [2.24, 2.45) is 0 Å². The summed E-state index contributed by atoms with van der Waals surface area (Å²) < 4.78 is 1.42. The molecule has 0 saturated heterocycles. The summed E-state index contributed by atoms with van der Waals surface area (Å²) in [6.07, 6.45) is 0. The monoisotopic (exact) mass is 236 g/mol. The Kier molecular flexibility index (Phi) is 3.00. The van der Waals surface area contributed by atoms with Crippen molar-refractivity contribution in [1.82, 2.24) is 14.8 Å². The fraction of sp³-hybridized carbons (Fsp3) is 0.300. The molecule has 2 aromatic rings. The van der Waals surface area contributed by atoms with E-state index in [0.29, 0.717) is 6.54 Å². The quantitative estimate of drug-likeness (QED) is 0.875. The van der Waals surface area contributed by atoms with E-state index in [4.69, 9.17) is 0 Å². The van der Waals surface area contributed by atoms with Gasteiger partial charge in [0.15, 0.2) is 5.13 Å². The summed E-state index contributed by atoms with van der Waals surface area (Å²) in [6, 6.07) is 3.22. The van der Waals surface area contributed by atoms with Crippen molar-refractivity contribution in [2.75, 3.05) is 12.4 Å². The van der Waals surface area contributed by atoms with Crippen LogP contribution in [0.4, 0.5) is 5.13 Å². The highest BCUT2D eigenvalue weighted by Crippen LogP contribution is 2.21. The molecule has 0 bridgehead atoms. The molecule has 0 saturated carbocycles. The first-order valence-electron chi connectivity index (χ1n) is 4.96. The average molecular weight is 236 g/mol. The predicted molar refractivity (Wildman–Crippen MR) is 64.8 cm³/mol. The highest BCUT2D eigenvalue weighted by atomic mass is 32.1. The molecule has 0 unspecified atom stereocenters. The van der Waals surface area contributed by atoms with E-state index >= 15 is 0 Å². The number of thiazole rings is 1. The molecule has 2 heterocycles. The van der Waals surface area contributed by atoms with Crippen LogP contribution in [0.1, 0.15) is 6.92 Å². The van der Waals surface area contributed by atoms with Crippen LogP contribution in [0.15, 0.2) is 22.3 Å². The Morgan fingerprint density at radius 2 is 2.25 bits per heavy atom. The summed E-state index contributed by atoms with van der Waals surface area (Å²) in [6.45, 7) is 2.45. The van der Waals surface area contributed by atoms with Crippen LogP contribution in [0, 0.1) is 0 Å². The van der Waals surface area contributed by atoms with Crippen LogP contribution in [0.3, 0.4) is 0 Å². The maximum Gasteiger partial charge on any atom is 0.266 e. The molecular weight excluding hydrogens is 224 g/mol. The maximum atomic E-state index is 11.4. The van der Waals surface area contributed by atoms with Crippen LogP contribution < -0.4 is 10.9 Å². The van der Waals surface area contributed by atoms with Crippen LogP contribution in [0.5, 0.6) is 0 Å². The second-order valence-corrected chi connectivity index (χ2v) is 4.02. The van der Waals surface area contributed by atoms with Gasteiger partial charge in [-0.05, 0) is 13.0 Å². The topological polar surface area (TPSA) is 59.8 Å². The third-order valence-corrected chi connectivity index (χ3v) is 3.01. The van der Waals surface area contributed by atoms with Crippen molar-refractivity contribution in [3.63, 3.8) is 0 Å². The van der Waals surface area contributed by atoms with E-state index in [1.807, 2.05) is 19.4 Å². The first-order valence-corrected chi connectivity index (χ1v) is 5.84. The fourth-order valence-corrected chi connectivity index (χ4v) is 1.98. The van der Waals surface area contributed by atoms with Gasteiger partial charge in [0.25, 0.3) is 5.56 Å². The Hall–Kier alpha value is -1.69. The van der Waals surface area contributed by atoms with E-state index in [1.165, 1.54) is 22.1 Å². The second-order valence-electron chi connectivity index (χ2n) is 3.16. The van der Waals surface area contributed by atoms with Gasteiger partial charge in [0, 0.05) is 25.0 Å². The average Bonchev–Trinajstić information content (AvgIpc) is 2.78. The number of hydrogen-bond acceptors (Lipinski definition) is 5. The minimum absolute atomic E-state index is 0.0877. The molecule has 0 aromatic carbocycles. The van der Waals surface area contributed by atoms with Gasteiger partial charge in [0.2, 0.25) is 0 Å². The number of aryl methyl sites for hydroxylation is 1. The molecule has 6 heteroatoms. The molecule has 0 aliphatic rings. The first kappa shape index (κ1) is 10.8. The van der Waals surface area contributed by atoms with Crippen molar-refractivity contribution in [2.45, 2.75) is 13.5 Å². The third-order valence-electron chi connectivity index (χ3n) is 2.15. The van der Waals surface area contributed by atoms with Gasteiger partial charge in [0.1, 0.15) is 11.4 Å². The highest BCUT2D eigenvalue weighted by molar-refractivity contribution is 7.14. The third kappa shape index (κ3) is 1.96. The Morgan fingerprint density at radius 3 is 2.88 bits per heavy atom. The van der Waals surface area contributed by atoms with Gasteiger partial charge in [-0.3, -0.25) is 4.79 Å². The molecule has 0 aliphatic carbocycles. The molecule has 0 amide bonds. The van der Waals surface area contributed by atoms with Gasteiger partial charge in [0.05, 0.1) is 0 Å². The number of nitrogens with one attached hydrogen (secondary N) is 1. The Bertz CT molecular complexity index is 546. The predicted octanol–water partition coefficient (Wildman–Crippen LogP) is 1.43. The van der Waals surface area contributed by atoms with Gasteiger partial charge in [-0.15, -0.1) is 11.3 Å². The molecule has 84 valence electrons. The van der Waals surface area contributed by atoms with Gasteiger partial charge in [-0.25, -0.2) is 9.67 Å². The number of anilines is 1. The lowest BCUT2D eigenvalue weighted by Gasteiger charge is -2.01. The molecule has 2 rings (SSSR count). The van der Waals surface area contributed by atoms with E-state index < -0.39 is 0 Å². The number of nitrogens with zero attached hydrogens (tertiary/aromatic N) is 3. The fourth-order valence-electron chi connectivity index (χ4n) is 1.32. The van der Waals surface area contributed by atoms with Crippen molar-refractivity contribution in [3.05, 3.63) is 27.9 Å². The van der Waals surface area contributed by atoms with Gasteiger partial charge in [-0.2, -0.15) is 5.10 Å². The number of rotatable bonds is 3. The zero-order valence-electron chi connectivity index (χ0n) is 9.10. The molecule has 0 aliphatic heterocycles. The summed E-state index contributed by atoms with van der Waals surface area (Å²) in [5.41, 5.74) is 1.42. The summed E-state index contributed by atoms with van der Waals surface area (Å²) in [5, 5.41) is 9.95. The summed E-state index contributed by atoms with van der Waals surface area (Å²) in [4.78, 5) is 15.7. The molecule has 5 nitrogen and oxygen atoms in total. The molecular formula is C10H12N4OS. The molecule has 0 spiro atoms. The maximum absolute atomic E-state index is 11.4.